The van der Waals surface area contributed by atoms with Crippen molar-refractivity contribution in [2.45, 2.75) is 0 Å². The van der Waals surface area contributed by atoms with Crippen molar-refractivity contribution < 1.29 is 0 Å². The number of hydrogen-bond acceptors (Lipinski definition) is 8. The lowest BCUT2D eigenvalue weighted by atomic mass is 10.1. The zero-order chi connectivity index (χ0) is 45.0. The summed E-state index contributed by atoms with van der Waals surface area (Å²) in [5.74, 6) is 4.68. The van der Waals surface area contributed by atoms with Crippen LogP contribution >= 0.6 is 0 Å². The van der Waals surface area contributed by atoms with Gasteiger partial charge in [-0.1, -0.05) is 182 Å². The zero-order valence-corrected chi connectivity index (χ0v) is 36.3. The van der Waals surface area contributed by atoms with Crippen LogP contribution < -0.4 is 0 Å². The maximum atomic E-state index is 5.40. The fourth-order valence-electron chi connectivity index (χ4n) is 9.17. The highest BCUT2D eigenvalue weighted by atomic mass is 15.1. The smallest absolute Gasteiger partial charge is 0.182 e. The molecule has 0 atom stereocenters. The second kappa shape index (κ2) is 16.2. The molecule has 6 aromatic heterocycles. The van der Waals surface area contributed by atoms with Crippen molar-refractivity contribution in [2.24, 2.45) is 0 Å². The Labute approximate surface area is 389 Å². The molecule has 0 aliphatic carbocycles. The van der Waals surface area contributed by atoms with Crippen LogP contribution in [0.4, 0.5) is 0 Å². The third-order valence-electron chi connectivity index (χ3n) is 12.3. The number of aromatic nitrogens is 10. The molecule has 0 aliphatic rings. The molecule has 6 heterocycles. The van der Waals surface area contributed by atoms with Gasteiger partial charge in [0.15, 0.2) is 34.9 Å². The maximum absolute atomic E-state index is 5.40. The molecule has 7 aromatic carbocycles. The van der Waals surface area contributed by atoms with Gasteiger partial charge >= 0.3 is 0 Å². The van der Waals surface area contributed by atoms with E-state index in [9.17, 15) is 0 Å². The predicted molar refractivity (Wildman–Crippen MR) is 270 cm³/mol. The van der Waals surface area contributed by atoms with Crippen LogP contribution in [0.15, 0.2) is 218 Å². The molecule has 0 saturated carbocycles. The molecule has 10 heteroatoms. The van der Waals surface area contributed by atoms with Crippen LogP contribution in [0, 0.1) is 0 Å². The van der Waals surface area contributed by atoms with Crippen LogP contribution in [0.25, 0.3) is 124 Å². The van der Waals surface area contributed by atoms with Crippen LogP contribution in [0.5, 0.6) is 0 Å². The molecular weight excluding hydrogens is 837 g/mol. The first-order valence-electron chi connectivity index (χ1n) is 22.4. The first-order valence-corrected chi connectivity index (χ1v) is 22.4. The van der Waals surface area contributed by atoms with Crippen molar-refractivity contribution in [1.82, 2.24) is 49.0 Å². The zero-order valence-electron chi connectivity index (χ0n) is 36.3. The lowest BCUT2D eigenvalue weighted by molar-refractivity contribution is 1.02. The van der Waals surface area contributed by atoms with Gasteiger partial charge in [-0.3, -0.25) is 9.13 Å². The molecule has 0 aliphatic heterocycles. The summed E-state index contributed by atoms with van der Waals surface area (Å²) in [6, 6.07) is 73.5. The first kappa shape index (κ1) is 38.9. The van der Waals surface area contributed by atoms with E-state index in [1.807, 2.05) is 158 Å². The molecule has 0 N–H and O–H groups in total. The van der Waals surface area contributed by atoms with E-state index in [2.05, 4.69) is 69.8 Å². The molecule has 13 rings (SSSR count). The fourth-order valence-corrected chi connectivity index (χ4v) is 9.17. The van der Waals surface area contributed by atoms with Gasteiger partial charge in [-0.25, -0.2) is 39.9 Å². The van der Waals surface area contributed by atoms with Crippen LogP contribution in [-0.4, -0.2) is 49.0 Å². The summed E-state index contributed by atoms with van der Waals surface area (Å²) in [5, 5.41) is 4.35. The van der Waals surface area contributed by atoms with E-state index < -0.39 is 0 Å². The third-order valence-corrected chi connectivity index (χ3v) is 12.3. The van der Waals surface area contributed by atoms with Crippen molar-refractivity contribution in [3.8, 4) is 80.2 Å². The Morgan fingerprint density at radius 2 is 0.529 bits per heavy atom. The van der Waals surface area contributed by atoms with Gasteiger partial charge in [0.05, 0.1) is 22.1 Å². The molecule has 68 heavy (non-hydrogen) atoms. The first-order chi connectivity index (χ1) is 33.7. The average Bonchev–Trinajstić information content (AvgIpc) is 3.95. The van der Waals surface area contributed by atoms with E-state index in [0.29, 0.717) is 46.3 Å². The minimum Gasteiger partial charge on any atom is -0.292 e. The van der Waals surface area contributed by atoms with E-state index in [0.717, 1.165) is 77.5 Å². The van der Waals surface area contributed by atoms with Crippen molar-refractivity contribution in [1.29, 1.82) is 0 Å². The highest BCUT2D eigenvalue weighted by Gasteiger charge is 2.23. The summed E-state index contributed by atoms with van der Waals surface area (Å²) in [6.07, 6.45) is 0. The van der Waals surface area contributed by atoms with Crippen molar-refractivity contribution in [3.05, 3.63) is 218 Å². The lowest BCUT2D eigenvalue weighted by Crippen LogP contribution is -2.05. The Hall–Kier alpha value is -9.54. The quantitative estimate of drug-likeness (QED) is 0.148. The second-order valence-corrected chi connectivity index (χ2v) is 16.4. The summed E-state index contributed by atoms with van der Waals surface area (Å²) < 4.78 is 4.52. The average molecular weight is 873 g/mol. The standard InChI is InChI=1S/C58H36N10/c1-5-19-37(20-6-1)53-61-54(38-21-7-2-8-22-38)64-57(63-53)45-29-17-33-49(59-45)67-47-31-15-13-27-41(47)43-35-36-44-42-28-14-16-32-48(42)68(52(44)51(43)67)50-34-18-30-46(60-50)58-65-55(39-23-9-3-10-24-39)62-56(66-58)40-25-11-4-12-26-40/h1-36H. The second-order valence-electron chi connectivity index (χ2n) is 16.4. The fraction of sp³-hybridized carbons (Fsp3) is 0. The van der Waals surface area contributed by atoms with Crippen LogP contribution in [0.2, 0.25) is 0 Å². The highest BCUT2D eigenvalue weighted by molar-refractivity contribution is 6.23. The van der Waals surface area contributed by atoms with Gasteiger partial charge in [0, 0.05) is 43.8 Å². The molecule has 0 radical (unpaired) electrons. The van der Waals surface area contributed by atoms with Crippen molar-refractivity contribution >= 4 is 43.6 Å². The minimum absolute atomic E-state index is 0.477. The predicted octanol–water partition coefficient (Wildman–Crippen LogP) is 13.0. The van der Waals surface area contributed by atoms with Crippen LogP contribution in [0.3, 0.4) is 0 Å². The van der Waals surface area contributed by atoms with Gasteiger partial charge in [-0.2, -0.15) is 0 Å². The Bertz CT molecular complexity index is 3640. The van der Waals surface area contributed by atoms with Crippen molar-refractivity contribution in [3.63, 3.8) is 0 Å². The van der Waals surface area contributed by atoms with Crippen LogP contribution in [0.1, 0.15) is 0 Å². The topological polar surface area (TPSA) is 113 Å². The maximum Gasteiger partial charge on any atom is 0.182 e. The molecule has 10 nitrogen and oxygen atoms in total. The molecule has 0 spiro atoms. The molecule has 0 bridgehead atoms. The minimum atomic E-state index is 0.477. The van der Waals surface area contributed by atoms with E-state index in [1.54, 1.807) is 0 Å². The number of hydrogen-bond donors (Lipinski definition) is 0. The van der Waals surface area contributed by atoms with Gasteiger partial charge in [0.25, 0.3) is 0 Å². The molecular formula is C58H36N10. The number of benzene rings is 7. The largest absolute Gasteiger partial charge is 0.292 e. The van der Waals surface area contributed by atoms with E-state index >= 15 is 0 Å². The van der Waals surface area contributed by atoms with Crippen LogP contribution in [-0.2, 0) is 0 Å². The Kier molecular flexibility index (Phi) is 9.24. The molecule has 0 unspecified atom stereocenters. The lowest BCUT2D eigenvalue weighted by Gasteiger charge is -2.13. The summed E-state index contributed by atoms with van der Waals surface area (Å²) in [4.78, 5) is 40.8. The van der Waals surface area contributed by atoms with E-state index in [4.69, 9.17) is 39.9 Å². The number of rotatable bonds is 8. The summed E-state index contributed by atoms with van der Waals surface area (Å²) >= 11 is 0. The monoisotopic (exact) mass is 872 g/mol. The summed E-state index contributed by atoms with van der Waals surface area (Å²) in [6.45, 7) is 0. The van der Waals surface area contributed by atoms with Gasteiger partial charge in [0.1, 0.15) is 23.0 Å². The van der Waals surface area contributed by atoms with E-state index in [1.165, 1.54) is 0 Å². The highest BCUT2D eigenvalue weighted by Crippen LogP contribution is 2.41. The molecule has 13 aromatic rings. The number of nitrogens with zero attached hydrogens (tertiary/aromatic N) is 10. The Balaban J connectivity index is 1.04. The van der Waals surface area contributed by atoms with Gasteiger partial charge in [-0.05, 0) is 36.4 Å². The Morgan fingerprint density at radius 1 is 0.221 bits per heavy atom. The molecule has 318 valence electrons. The summed E-state index contributed by atoms with van der Waals surface area (Å²) in [7, 11) is 0. The van der Waals surface area contributed by atoms with Crippen molar-refractivity contribution in [2.75, 3.05) is 0 Å². The Morgan fingerprint density at radius 3 is 0.882 bits per heavy atom. The van der Waals surface area contributed by atoms with Gasteiger partial charge < -0.3 is 0 Å². The molecule has 0 fully saturated rings. The normalized spacial score (nSPS) is 11.5. The SMILES string of the molecule is c1ccc(-c2nc(-c3ccccc3)nc(-c3cccc(-n4c5ccccc5c5ccc6c7ccccc7n(-c7cccc(-c8nc(-c9ccccc9)nc(-c9ccccc9)n8)n7)c6c54)n3)n2)cc1. The van der Waals surface area contributed by atoms with Gasteiger partial charge in [0.2, 0.25) is 0 Å². The number of fused-ring (bicyclic) bond motifs is 7. The number of para-hydroxylation sites is 2. The third kappa shape index (κ3) is 6.66. The number of pyridine rings is 2. The van der Waals surface area contributed by atoms with Gasteiger partial charge in [-0.15, -0.1) is 0 Å². The van der Waals surface area contributed by atoms with E-state index in [-0.39, 0.29) is 0 Å². The summed E-state index contributed by atoms with van der Waals surface area (Å²) in [5.41, 5.74) is 8.80. The molecule has 0 amide bonds. The molecule has 0 saturated heterocycles.